The van der Waals surface area contributed by atoms with E-state index in [2.05, 4.69) is 15.3 Å². The summed E-state index contributed by atoms with van der Waals surface area (Å²) in [6, 6.07) is -0.375. The number of alkyl halides is 3. The highest BCUT2D eigenvalue weighted by Crippen LogP contribution is 2.27. The Morgan fingerprint density at radius 3 is 2.48 bits per heavy atom. The second-order valence-electron chi connectivity index (χ2n) is 7.52. The van der Waals surface area contributed by atoms with Gasteiger partial charge >= 0.3 is 12.3 Å². The van der Waals surface area contributed by atoms with Gasteiger partial charge in [-0.05, 0) is 34.6 Å². The Morgan fingerprint density at radius 2 is 1.96 bits per heavy atom. The minimum absolute atomic E-state index is 0.158. The molecule has 1 amide bonds. The van der Waals surface area contributed by atoms with Crippen LogP contribution in [0.3, 0.4) is 0 Å². The smallest absolute Gasteiger partial charge is 0.434 e. The summed E-state index contributed by atoms with van der Waals surface area (Å²) in [5.74, 6) is 0.179. The van der Waals surface area contributed by atoms with Gasteiger partial charge in [0.25, 0.3) is 0 Å². The highest BCUT2D eigenvalue weighted by molar-refractivity contribution is 5.69. The first-order valence-electron chi connectivity index (χ1n) is 8.65. The van der Waals surface area contributed by atoms with Crippen LogP contribution < -0.4 is 5.32 Å². The van der Waals surface area contributed by atoms with E-state index in [4.69, 9.17) is 9.47 Å². The Labute approximate surface area is 156 Å². The molecule has 10 heteroatoms. The molecule has 0 spiro atoms. The molecule has 0 bridgehead atoms. The summed E-state index contributed by atoms with van der Waals surface area (Å²) in [5.41, 5.74) is -1.70. The zero-order valence-electron chi connectivity index (χ0n) is 16.0. The van der Waals surface area contributed by atoms with Crippen LogP contribution >= 0.6 is 0 Å². The second-order valence-corrected chi connectivity index (χ2v) is 7.52. The predicted molar refractivity (Wildman–Crippen MR) is 92.3 cm³/mol. The van der Waals surface area contributed by atoms with E-state index in [1.807, 2.05) is 13.8 Å². The molecule has 1 aromatic rings. The highest BCUT2D eigenvalue weighted by Gasteiger charge is 2.38. The summed E-state index contributed by atoms with van der Waals surface area (Å²) in [6.45, 7) is 9.61. The number of hydrogen-bond donors (Lipinski definition) is 1. The van der Waals surface area contributed by atoms with Crippen molar-refractivity contribution >= 4 is 11.9 Å². The van der Waals surface area contributed by atoms with Gasteiger partial charge in [0.1, 0.15) is 11.4 Å². The van der Waals surface area contributed by atoms with Crippen molar-refractivity contribution in [3.63, 3.8) is 0 Å². The number of morpholine rings is 1. The molecule has 1 aromatic heterocycles. The summed E-state index contributed by atoms with van der Waals surface area (Å²) >= 11 is 0. The van der Waals surface area contributed by atoms with E-state index >= 15 is 0 Å². The maximum atomic E-state index is 12.6. The van der Waals surface area contributed by atoms with Crippen molar-refractivity contribution < 1.29 is 27.4 Å². The molecule has 1 saturated heterocycles. The average molecular weight is 390 g/mol. The summed E-state index contributed by atoms with van der Waals surface area (Å²) in [5, 5.41) is 2.92. The lowest BCUT2D eigenvalue weighted by Gasteiger charge is -2.43. The van der Waals surface area contributed by atoms with E-state index in [0.717, 1.165) is 6.20 Å². The third-order valence-electron chi connectivity index (χ3n) is 3.91. The predicted octanol–water partition coefficient (Wildman–Crippen LogP) is 3.32. The molecular weight excluding hydrogens is 365 g/mol. The Balaban J connectivity index is 2.07. The molecule has 0 aromatic carbocycles. The van der Waals surface area contributed by atoms with Crippen LogP contribution in [-0.2, 0) is 15.7 Å². The fourth-order valence-electron chi connectivity index (χ4n) is 2.75. The first kappa shape index (κ1) is 21.2. The molecule has 1 N–H and O–H groups in total. The van der Waals surface area contributed by atoms with Gasteiger partial charge in [0.2, 0.25) is 0 Å². The number of hydrogen-bond acceptors (Lipinski definition) is 6. The van der Waals surface area contributed by atoms with E-state index < -0.39 is 23.6 Å². The van der Waals surface area contributed by atoms with Crippen LogP contribution in [0.4, 0.5) is 23.8 Å². The fraction of sp³-hybridized carbons (Fsp3) is 0.706. The van der Waals surface area contributed by atoms with Crippen LogP contribution in [0.1, 0.15) is 40.3 Å². The third-order valence-corrected chi connectivity index (χ3v) is 3.91. The lowest BCUT2D eigenvalue weighted by Crippen LogP contribution is -2.58. The van der Waals surface area contributed by atoms with Gasteiger partial charge in [-0.3, -0.25) is 4.90 Å². The lowest BCUT2D eigenvalue weighted by atomic mass is 10.1. The van der Waals surface area contributed by atoms with Crippen molar-refractivity contribution in [2.24, 2.45) is 0 Å². The maximum absolute atomic E-state index is 12.6. The van der Waals surface area contributed by atoms with Gasteiger partial charge in [-0.2, -0.15) is 13.2 Å². The Kier molecular flexibility index (Phi) is 6.18. The Bertz CT molecular complexity index is 646. The number of carbonyl (C=O) groups is 1. The van der Waals surface area contributed by atoms with Gasteiger partial charge in [-0.1, -0.05) is 0 Å². The third kappa shape index (κ3) is 5.95. The zero-order valence-corrected chi connectivity index (χ0v) is 16.0. The monoisotopic (exact) mass is 390 g/mol. The molecule has 3 atom stereocenters. The topological polar surface area (TPSA) is 76.6 Å². The first-order chi connectivity index (χ1) is 12.4. The molecular formula is C17H25F3N4O3. The number of halogens is 3. The molecule has 0 saturated carbocycles. The van der Waals surface area contributed by atoms with Gasteiger partial charge in [-0.15, -0.1) is 0 Å². The van der Waals surface area contributed by atoms with E-state index in [9.17, 15) is 18.0 Å². The number of nitrogens with one attached hydrogen (secondary N) is 1. The fourth-order valence-corrected chi connectivity index (χ4v) is 2.75. The van der Waals surface area contributed by atoms with Crippen molar-refractivity contribution in [3.8, 4) is 0 Å². The van der Waals surface area contributed by atoms with Crippen LogP contribution in [0.5, 0.6) is 0 Å². The quantitative estimate of drug-likeness (QED) is 0.853. The number of carbonyl (C=O) groups excluding carboxylic acids is 1. The standard InChI is InChI=1S/C17H25F3N4O3/c1-10-9-24(15(25)27-16(3,4)5)12(11(2)26-10)6-22-14-8-21-13(7-23-14)17(18,19)20/h7-8,10-12H,6,9H2,1-5H3,(H,22,23)/t10-,11-,12+/m0/s1. The van der Waals surface area contributed by atoms with Crippen LogP contribution in [0.25, 0.3) is 0 Å². The summed E-state index contributed by atoms with van der Waals surface area (Å²) in [7, 11) is 0. The van der Waals surface area contributed by atoms with Crippen molar-refractivity contribution in [2.75, 3.05) is 18.4 Å². The highest BCUT2D eigenvalue weighted by atomic mass is 19.4. The van der Waals surface area contributed by atoms with E-state index in [0.29, 0.717) is 12.7 Å². The number of aromatic nitrogens is 2. The minimum atomic E-state index is -4.54. The molecule has 1 fully saturated rings. The molecule has 0 radical (unpaired) electrons. The number of amides is 1. The molecule has 0 aliphatic carbocycles. The molecule has 1 aliphatic rings. The molecule has 1 aliphatic heterocycles. The molecule has 152 valence electrons. The van der Waals surface area contributed by atoms with Gasteiger partial charge in [0.15, 0.2) is 5.69 Å². The average Bonchev–Trinajstić information content (AvgIpc) is 2.51. The number of nitrogens with zero attached hydrogens (tertiary/aromatic N) is 3. The van der Waals surface area contributed by atoms with Crippen LogP contribution in [0.2, 0.25) is 0 Å². The largest absolute Gasteiger partial charge is 0.444 e. The minimum Gasteiger partial charge on any atom is -0.444 e. The summed E-state index contributed by atoms with van der Waals surface area (Å²) < 4.78 is 48.9. The Morgan fingerprint density at radius 1 is 1.30 bits per heavy atom. The summed E-state index contributed by atoms with van der Waals surface area (Å²) in [6.07, 6.45) is -3.78. The maximum Gasteiger partial charge on any atom is 0.434 e. The number of ether oxygens (including phenoxy) is 2. The first-order valence-corrected chi connectivity index (χ1v) is 8.65. The molecule has 0 unspecified atom stereocenters. The van der Waals surface area contributed by atoms with Crippen molar-refractivity contribution in [1.82, 2.24) is 14.9 Å². The second kappa shape index (κ2) is 7.87. The van der Waals surface area contributed by atoms with E-state index in [-0.39, 0.29) is 30.6 Å². The van der Waals surface area contributed by atoms with Crippen molar-refractivity contribution in [2.45, 2.75) is 64.6 Å². The molecule has 27 heavy (non-hydrogen) atoms. The van der Waals surface area contributed by atoms with Gasteiger partial charge in [-0.25, -0.2) is 14.8 Å². The van der Waals surface area contributed by atoms with Gasteiger partial charge < -0.3 is 14.8 Å². The van der Waals surface area contributed by atoms with Crippen molar-refractivity contribution in [3.05, 3.63) is 18.1 Å². The van der Waals surface area contributed by atoms with Crippen LogP contribution in [0, 0.1) is 0 Å². The zero-order chi connectivity index (χ0) is 20.4. The molecule has 2 rings (SSSR count). The van der Waals surface area contributed by atoms with Crippen LogP contribution in [-0.4, -0.2) is 57.9 Å². The molecule has 7 nitrogen and oxygen atoms in total. The normalized spacial score (nSPS) is 23.9. The van der Waals surface area contributed by atoms with E-state index in [1.165, 1.54) is 0 Å². The van der Waals surface area contributed by atoms with Gasteiger partial charge in [0.05, 0.1) is 37.2 Å². The number of rotatable bonds is 3. The number of anilines is 1. The van der Waals surface area contributed by atoms with E-state index in [1.54, 1.807) is 25.7 Å². The Hall–Kier alpha value is -2.10. The lowest BCUT2D eigenvalue weighted by molar-refractivity contribution is -0.141. The van der Waals surface area contributed by atoms with Crippen molar-refractivity contribution in [1.29, 1.82) is 0 Å². The molecule has 2 heterocycles. The van der Waals surface area contributed by atoms with Crippen LogP contribution in [0.15, 0.2) is 12.4 Å². The van der Waals surface area contributed by atoms with Gasteiger partial charge in [0, 0.05) is 6.54 Å². The summed E-state index contributed by atoms with van der Waals surface area (Å²) in [4.78, 5) is 21.2. The SMILES string of the molecule is C[C@@H]1O[C@@H](C)CN(C(=O)OC(C)(C)C)[C@@H]1CNc1cnc(C(F)(F)F)cn1.